The molecule has 1 heterocycles. The number of rotatable bonds is 6. The Balaban J connectivity index is 2.10. The van der Waals surface area contributed by atoms with Gasteiger partial charge in [0, 0.05) is 16.8 Å². The number of aliphatic hydroxyl groups is 1. The van der Waals surface area contributed by atoms with E-state index in [1.807, 2.05) is 42.8 Å². The third kappa shape index (κ3) is 3.82. The second-order valence-electron chi connectivity index (χ2n) is 4.80. The van der Waals surface area contributed by atoms with Gasteiger partial charge >= 0.3 is 0 Å². The minimum absolute atomic E-state index is 0.0410. The molecule has 1 aromatic heterocycles. The first-order valence-corrected chi connectivity index (χ1v) is 7.48. The van der Waals surface area contributed by atoms with Crippen LogP contribution in [0.2, 0.25) is 0 Å². The average molecular weight is 302 g/mol. The van der Waals surface area contributed by atoms with Gasteiger partial charge in [-0.05, 0) is 30.8 Å². The van der Waals surface area contributed by atoms with Crippen LogP contribution >= 0.6 is 11.3 Å². The number of hydrogen-bond donors (Lipinski definition) is 1. The van der Waals surface area contributed by atoms with E-state index in [4.69, 9.17) is 10.00 Å². The van der Waals surface area contributed by atoms with E-state index in [2.05, 4.69) is 11.0 Å². The van der Waals surface area contributed by atoms with Crippen molar-refractivity contribution in [2.75, 3.05) is 20.8 Å². The Hall–Kier alpha value is -1.87. The zero-order valence-electron chi connectivity index (χ0n) is 12.1. The molecule has 0 aliphatic carbocycles. The molecule has 1 aromatic carbocycles. The molecule has 1 N–H and O–H groups in total. The third-order valence-corrected chi connectivity index (χ3v) is 4.32. The van der Waals surface area contributed by atoms with Gasteiger partial charge in [-0.3, -0.25) is 4.90 Å². The van der Waals surface area contributed by atoms with Gasteiger partial charge in [-0.15, -0.1) is 11.3 Å². The van der Waals surface area contributed by atoms with Crippen molar-refractivity contribution in [1.29, 1.82) is 5.26 Å². The maximum Gasteiger partial charge on any atom is 0.118 e. The molecular weight excluding hydrogens is 284 g/mol. The van der Waals surface area contributed by atoms with E-state index < -0.39 is 0 Å². The number of nitriles is 1. The molecule has 0 bridgehead atoms. The Kier molecular flexibility index (Phi) is 5.34. The van der Waals surface area contributed by atoms with Crippen molar-refractivity contribution in [2.45, 2.75) is 12.6 Å². The van der Waals surface area contributed by atoms with E-state index >= 15 is 0 Å². The first-order valence-electron chi connectivity index (χ1n) is 6.60. The molecule has 1 atom stereocenters. The van der Waals surface area contributed by atoms with Gasteiger partial charge in [0.05, 0.1) is 25.3 Å². The van der Waals surface area contributed by atoms with Crippen molar-refractivity contribution >= 4 is 11.3 Å². The Labute approximate surface area is 128 Å². The zero-order valence-corrected chi connectivity index (χ0v) is 12.9. The van der Waals surface area contributed by atoms with Crippen molar-refractivity contribution in [2.24, 2.45) is 0 Å². The van der Waals surface area contributed by atoms with Gasteiger partial charge in [0.1, 0.15) is 11.8 Å². The predicted molar refractivity (Wildman–Crippen MR) is 83.3 cm³/mol. The minimum atomic E-state index is -0.0801. The highest BCUT2D eigenvalue weighted by molar-refractivity contribution is 7.10. The summed E-state index contributed by atoms with van der Waals surface area (Å²) in [5, 5.41) is 20.4. The smallest absolute Gasteiger partial charge is 0.118 e. The molecule has 0 aliphatic heterocycles. The monoisotopic (exact) mass is 302 g/mol. The fourth-order valence-corrected chi connectivity index (χ4v) is 3.08. The lowest BCUT2D eigenvalue weighted by Gasteiger charge is -2.26. The summed E-state index contributed by atoms with van der Waals surface area (Å²) in [7, 11) is 3.60. The van der Waals surface area contributed by atoms with E-state index in [9.17, 15) is 5.11 Å². The van der Waals surface area contributed by atoms with Crippen LogP contribution in [0, 0.1) is 11.3 Å². The summed E-state index contributed by atoms with van der Waals surface area (Å²) in [6.07, 6.45) is 0. The molecule has 110 valence electrons. The maximum atomic E-state index is 9.68. The Morgan fingerprint density at radius 3 is 2.62 bits per heavy atom. The molecule has 1 unspecified atom stereocenters. The molecule has 0 aliphatic rings. The largest absolute Gasteiger partial charge is 0.497 e. The van der Waals surface area contributed by atoms with Crippen LogP contribution < -0.4 is 4.74 Å². The van der Waals surface area contributed by atoms with E-state index in [0.29, 0.717) is 12.1 Å². The van der Waals surface area contributed by atoms with Gasteiger partial charge in [-0.2, -0.15) is 5.26 Å². The van der Waals surface area contributed by atoms with Crippen LogP contribution in [0.15, 0.2) is 35.7 Å². The third-order valence-electron chi connectivity index (χ3n) is 3.39. The topological polar surface area (TPSA) is 56.5 Å². The molecule has 0 amide bonds. The van der Waals surface area contributed by atoms with Crippen LogP contribution in [0.4, 0.5) is 0 Å². The number of thiophene rings is 1. The van der Waals surface area contributed by atoms with Crippen LogP contribution in [0.3, 0.4) is 0 Å². The second kappa shape index (κ2) is 7.23. The summed E-state index contributed by atoms with van der Waals surface area (Å²) >= 11 is 1.57. The summed E-state index contributed by atoms with van der Waals surface area (Å²) in [5.74, 6) is 0.801. The number of hydrogen-bond acceptors (Lipinski definition) is 5. The first-order chi connectivity index (χ1) is 10.2. The molecule has 5 heteroatoms. The summed E-state index contributed by atoms with van der Waals surface area (Å²) in [6.45, 7) is 0.739. The zero-order chi connectivity index (χ0) is 15.2. The normalized spacial score (nSPS) is 12.1. The SMILES string of the molecule is COc1ccc(C(CO)N(C)Cc2cc(C#N)cs2)cc1. The highest BCUT2D eigenvalue weighted by atomic mass is 32.1. The fourth-order valence-electron chi connectivity index (χ4n) is 2.20. The van der Waals surface area contributed by atoms with Crippen molar-refractivity contribution in [1.82, 2.24) is 4.90 Å². The highest BCUT2D eigenvalue weighted by Crippen LogP contribution is 2.25. The summed E-state index contributed by atoms with van der Waals surface area (Å²) in [6, 6.07) is 11.7. The lowest BCUT2D eigenvalue weighted by Crippen LogP contribution is -2.26. The summed E-state index contributed by atoms with van der Waals surface area (Å²) in [5.41, 5.74) is 1.73. The number of ether oxygens (including phenoxy) is 1. The van der Waals surface area contributed by atoms with Crippen LogP contribution in [-0.4, -0.2) is 30.8 Å². The van der Waals surface area contributed by atoms with Gasteiger partial charge in [0.15, 0.2) is 0 Å². The van der Waals surface area contributed by atoms with Crippen LogP contribution in [0.5, 0.6) is 5.75 Å². The first kappa shape index (κ1) is 15.5. The van der Waals surface area contributed by atoms with Gasteiger partial charge < -0.3 is 9.84 Å². The maximum absolute atomic E-state index is 9.68. The molecule has 4 nitrogen and oxygen atoms in total. The molecule has 21 heavy (non-hydrogen) atoms. The predicted octanol–water partition coefficient (Wildman–Crippen LogP) is 2.79. The molecule has 0 radical (unpaired) electrons. The lowest BCUT2D eigenvalue weighted by molar-refractivity contribution is 0.143. The van der Waals surface area contributed by atoms with Gasteiger partial charge in [-0.25, -0.2) is 0 Å². The molecular formula is C16H18N2O2S. The lowest BCUT2D eigenvalue weighted by atomic mass is 10.1. The number of likely N-dealkylation sites (N-methyl/N-ethyl adjacent to an activating group) is 1. The van der Waals surface area contributed by atoms with Gasteiger partial charge in [0.25, 0.3) is 0 Å². The van der Waals surface area contributed by atoms with Crippen LogP contribution in [-0.2, 0) is 6.54 Å². The highest BCUT2D eigenvalue weighted by Gasteiger charge is 2.17. The molecule has 2 aromatic rings. The molecule has 0 fully saturated rings. The van der Waals surface area contributed by atoms with Gasteiger partial charge in [-0.1, -0.05) is 12.1 Å². The summed E-state index contributed by atoms with van der Waals surface area (Å²) in [4.78, 5) is 3.19. The minimum Gasteiger partial charge on any atom is -0.497 e. The Morgan fingerprint density at radius 1 is 1.38 bits per heavy atom. The molecule has 2 rings (SSSR count). The average Bonchev–Trinajstić information content (AvgIpc) is 2.96. The Morgan fingerprint density at radius 2 is 2.10 bits per heavy atom. The Bertz CT molecular complexity index is 616. The summed E-state index contributed by atoms with van der Waals surface area (Å²) < 4.78 is 5.15. The van der Waals surface area contributed by atoms with E-state index in [1.54, 1.807) is 18.4 Å². The number of benzene rings is 1. The van der Waals surface area contributed by atoms with E-state index in [0.717, 1.165) is 16.2 Å². The molecule has 0 saturated heterocycles. The van der Waals surface area contributed by atoms with Crippen molar-refractivity contribution < 1.29 is 9.84 Å². The van der Waals surface area contributed by atoms with Crippen molar-refractivity contribution in [3.05, 3.63) is 51.7 Å². The quantitative estimate of drug-likeness (QED) is 0.891. The van der Waals surface area contributed by atoms with Gasteiger partial charge in [0.2, 0.25) is 0 Å². The number of aliphatic hydroxyl groups excluding tert-OH is 1. The van der Waals surface area contributed by atoms with E-state index in [1.165, 1.54) is 0 Å². The number of nitrogens with zero attached hydrogens (tertiary/aromatic N) is 2. The van der Waals surface area contributed by atoms with Crippen LogP contribution in [0.1, 0.15) is 22.0 Å². The number of methoxy groups -OCH3 is 1. The van der Waals surface area contributed by atoms with Crippen molar-refractivity contribution in [3.63, 3.8) is 0 Å². The standard InChI is InChI=1S/C16H18N2O2S/c1-18(9-15-7-12(8-17)11-21-15)16(10-19)13-3-5-14(20-2)6-4-13/h3-7,11,16,19H,9-10H2,1-2H3. The fraction of sp³-hybridized carbons (Fsp3) is 0.312. The molecule has 0 saturated carbocycles. The molecule has 0 spiro atoms. The van der Waals surface area contributed by atoms with E-state index in [-0.39, 0.29) is 12.6 Å². The second-order valence-corrected chi connectivity index (χ2v) is 5.80. The van der Waals surface area contributed by atoms with Crippen molar-refractivity contribution in [3.8, 4) is 11.8 Å². The van der Waals surface area contributed by atoms with Crippen LogP contribution in [0.25, 0.3) is 0 Å².